The first-order valence-electron chi connectivity index (χ1n) is 4.02. The lowest BCUT2D eigenvalue weighted by Crippen LogP contribution is -1.99. The van der Waals surface area contributed by atoms with Gasteiger partial charge in [0.25, 0.3) is 5.91 Å². The van der Waals surface area contributed by atoms with E-state index in [1.54, 1.807) is 13.8 Å². The number of nitrogens with zero attached hydrogens (tertiary/aromatic N) is 1. The topological polar surface area (TPSA) is 29.4 Å². The van der Waals surface area contributed by atoms with Crippen molar-refractivity contribution in [3.63, 3.8) is 0 Å². The Kier molecular flexibility index (Phi) is 3.06. The van der Waals surface area contributed by atoms with Gasteiger partial charge in [-0.15, -0.1) is 0 Å². The predicted octanol–water partition coefficient (Wildman–Crippen LogP) is 2.59. The van der Waals surface area contributed by atoms with Crippen LogP contribution in [0.25, 0.3) is 0 Å². The van der Waals surface area contributed by atoms with Crippen LogP contribution in [0, 0.1) is 11.6 Å². The second-order valence-electron chi connectivity index (χ2n) is 2.99. The lowest BCUT2D eigenvalue weighted by molar-refractivity contribution is 0.100. The Hall–Kier alpha value is -1.58. The van der Waals surface area contributed by atoms with E-state index in [0.717, 1.165) is 12.1 Å². The van der Waals surface area contributed by atoms with Crippen molar-refractivity contribution in [3.8, 4) is 0 Å². The SMILES string of the molecule is CC(C)=NC(=O)c1ccc(F)c(F)c1. The number of hydrogen-bond acceptors (Lipinski definition) is 1. The molecule has 0 saturated heterocycles. The van der Waals surface area contributed by atoms with Gasteiger partial charge in [-0.25, -0.2) is 13.8 Å². The van der Waals surface area contributed by atoms with Crippen LogP contribution in [-0.4, -0.2) is 11.6 Å². The summed E-state index contributed by atoms with van der Waals surface area (Å²) in [7, 11) is 0. The fourth-order valence-corrected chi connectivity index (χ4v) is 0.897. The second-order valence-corrected chi connectivity index (χ2v) is 2.99. The van der Waals surface area contributed by atoms with Crippen molar-refractivity contribution in [2.75, 3.05) is 0 Å². The molecule has 1 aromatic rings. The summed E-state index contributed by atoms with van der Waals surface area (Å²) in [6, 6.07) is 2.94. The van der Waals surface area contributed by atoms with Gasteiger partial charge in [0, 0.05) is 11.3 Å². The molecule has 0 bridgehead atoms. The third-order valence-corrected chi connectivity index (χ3v) is 1.49. The molecule has 1 amide bonds. The zero-order valence-corrected chi connectivity index (χ0v) is 7.84. The van der Waals surface area contributed by atoms with Gasteiger partial charge in [0.2, 0.25) is 0 Å². The molecule has 0 saturated carbocycles. The molecule has 0 fully saturated rings. The molecule has 74 valence electrons. The zero-order valence-electron chi connectivity index (χ0n) is 7.84. The summed E-state index contributed by atoms with van der Waals surface area (Å²) in [6.45, 7) is 3.30. The van der Waals surface area contributed by atoms with E-state index in [4.69, 9.17) is 0 Å². The summed E-state index contributed by atoms with van der Waals surface area (Å²) in [4.78, 5) is 14.8. The minimum absolute atomic E-state index is 0.0464. The van der Waals surface area contributed by atoms with E-state index in [1.165, 1.54) is 6.07 Å². The minimum atomic E-state index is -1.04. The van der Waals surface area contributed by atoms with E-state index >= 15 is 0 Å². The Balaban J connectivity index is 3.03. The van der Waals surface area contributed by atoms with Crippen LogP contribution in [0.4, 0.5) is 8.78 Å². The fraction of sp³-hybridized carbons (Fsp3) is 0.200. The molecule has 14 heavy (non-hydrogen) atoms. The maximum Gasteiger partial charge on any atom is 0.276 e. The van der Waals surface area contributed by atoms with E-state index in [1.807, 2.05) is 0 Å². The van der Waals surface area contributed by atoms with Crippen LogP contribution in [0.2, 0.25) is 0 Å². The quantitative estimate of drug-likeness (QED) is 0.636. The standard InChI is InChI=1S/C10H9F2NO/c1-6(2)13-10(14)7-3-4-8(11)9(12)5-7/h3-5H,1-2H3. The highest BCUT2D eigenvalue weighted by molar-refractivity contribution is 6.02. The molecule has 0 aliphatic carbocycles. The molecule has 0 spiro atoms. The molecule has 0 aromatic heterocycles. The van der Waals surface area contributed by atoms with Crippen LogP contribution in [0.1, 0.15) is 24.2 Å². The van der Waals surface area contributed by atoms with Crippen molar-refractivity contribution < 1.29 is 13.6 Å². The third-order valence-electron chi connectivity index (χ3n) is 1.49. The second kappa shape index (κ2) is 4.09. The highest BCUT2D eigenvalue weighted by atomic mass is 19.2. The van der Waals surface area contributed by atoms with E-state index in [9.17, 15) is 13.6 Å². The number of aliphatic imine (C=N–C) groups is 1. The molecule has 0 N–H and O–H groups in total. The largest absolute Gasteiger partial charge is 0.276 e. The van der Waals surface area contributed by atoms with Gasteiger partial charge in [-0.1, -0.05) is 0 Å². The fourth-order valence-electron chi connectivity index (χ4n) is 0.897. The molecule has 1 aromatic carbocycles. The van der Waals surface area contributed by atoms with E-state index in [2.05, 4.69) is 4.99 Å². The molecule has 4 heteroatoms. The molecule has 0 radical (unpaired) electrons. The molecule has 0 aliphatic heterocycles. The van der Waals surface area contributed by atoms with Gasteiger partial charge in [-0.05, 0) is 32.0 Å². The van der Waals surface area contributed by atoms with Gasteiger partial charge >= 0.3 is 0 Å². The van der Waals surface area contributed by atoms with Gasteiger partial charge < -0.3 is 0 Å². The van der Waals surface area contributed by atoms with Crippen molar-refractivity contribution in [1.82, 2.24) is 0 Å². The van der Waals surface area contributed by atoms with Crippen molar-refractivity contribution in [2.45, 2.75) is 13.8 Å². The summed E-state index contributed by atoms with van der Waals surface area (Å²) in [5, 5.41) is 0. The number of amides is 1. The maximum absolute atomic E-state index is 12.7. The molecular formula is C10H9F2NO. The van der Waals surface area contributed by atoms with Crippen molar-refractivity contribution >= 4 is 11.6 Å². The van der Waals surface area contributed by atoms with Crippen LogP contribution < -0.4 is 0 Å². The Labute approximate surface area is 80.3 Å². The lowest BCUT2D eigenvalue weighted by atomic mass is 10.2. The summed E-state index contributed by atoms with van der Waals surface area (Å²) in [6.07, 6.45) is 0. The number of rotatable bonds is 1. The van der Waals surface area contributed by atoms with Crippen LogP contribution in [0.15, 0.2) is 23.2 Å². The molecule has 0 atom stereocenters. The van der Waals surface area contributed by atoms with Gasteiger partial charge in [0.05, 0.1) is 0 Å². The Morgan fingerprint density at radius 2 is 1.86 bits per heavy atom. The smallest absolute Gasteiger partial charge is 0.267 e. The van der Waals surface area contributed by atoms with Crippen molar-refractivity contribution in [2.24, 2.45) is 4.99 Å². The molecule has 0 unspecified atom stereocenters. The molecular weight excluding hydrogens is 188 g/mol. The van der Waals surface area contributed by atoms with Crippen LogP contribution >= 0.6 is 0 Å². The van der Waals surface area contributed by atoms with E-state index in [0.29, 0.717) is 5.71 Å². The number of carbonyl (C=O) groups excluding carboxylic acids is 1. The van der Waals surface area contributed by atoms with Gasteiger partial charge in [-0.2, -0.15) is 0 Å². The number of benzene rings is 1. The molecule has 1 rings (SSSR count). The molecule has 0 aliphatic rings. The van der Waals surface area contributed by atoms with Gasteiger partial charge in [-0.3, -0.25) is 4.79 Å². The third kappa shape index (κ3) is 2.45. The molecule has 2 nitrogen and oxygen atoms in total. The Bertz CT molecular complexity index is 395. The number of hydrogen-bond donors (Lipinski definition) is 0. The van der Waals surface area contributed by atoms with Crippen LogP contribution in [-0.2, 0) is 0 Å². The highest BCUT2D eigenvalue weighted by Crippen LogP contribution is 2.09. The van der Waals surface area contributed by atoms with E-state index < -0.39 is 17.5 Å². The zero-order chi connectivity index (χ0) is 10.7. The van der Waals surface area contributed by atoms with Gasteiger partial charge in [0.1, 0.15) is 0 Å². The van der Waals surface area contributed by atoms with Crippen LogP contribution in [0.3, 0.4) is 0 Å². The average Bonchev–Trinajstić information content (AvgIpc) is 2.08. The first-order valence-corrected chi connectivity index (χ1v) is 4.02. The minimum Gasteiger partial charge on any atom is -0.267 e. The monoisotopic (exact) mass is 197 g/mol. The maximum atomic E-state index is 12.7. The average molecular weight is 197 g/mol. The summed E-state index contributed by atoms with van der Waals surface area (Å²) in [5.74, 6) is -2.58. The summed E-state index contributed by atoms with van der Waals surface area (Å²) < 4.78 is 25.2. The Morgan fingerprint density at radius 3 is 2.36 bits per heavy atom. The first kappa shape index (κ1) is 10.5. The normalized spacial score (nSPS) is 9.71. The predicted molar refractivity (Wildman–Crippen MR) is 49.5 cm³/mol. The molecule has 0 heterocycles. The Morgan fingerprint density at radius 1 is 1.21 bits per heavy atom. The number of halogens is 2. The lowest BCUT2D eigenvalue weighted by Gasteiger charge is -1.97. The summed E-state index contributed by atoms with van der Waals surface area (Å²) in [5.41, 5.74) is 0.616. The number of carbonyl (C=O) groups is 1. The van der Waals surface area contributed by atoms with Crippen LogP contribution in [0.5, 0.6) is 0 Å². The van der Waals surface area contributed by atoms with E-state index in [-0.39, 0.29) is 5.56 Å². The van der Waals surface area contributed by atoms with Crippen molar-refractivity contribution in [1.29, 1.82) is 0 Å². The first-order chi connectivity index (χ1) is 6.50. The highest BCUT2D eigenvalue weighted by Gasteiger charge is 2.08. The van der Waals surface area contributed by atoms with Crippen molar-refractivity contribution in [3.05, 3.63) is 35.4 Å². The van der Waals surface area contributed by atoms with Gasteiger partial charge in [0.15, 0.2) is 11.6 Å². The summed E-state index contributed by atoms with van der Waals surface area (Å²) >= 11 is 0.